The summed E-state index contributed by atoms with van der Waals surface area (Å²) in [5.41, 5.74) is -1.91. The molecule has 1 aliphatic carbocycles. The zero-order valence-electron chi connectivity index (χ0n) is 14.0. The van der Waals surface area contributed by atoms with E-state index in [0.29, 0.717) is 12.1 Å². The molecule has 0 atom stereocenters. The summed E-state index contributed by atoms with van der Waals surface area (Å²) in [5, 5.41) is 4.38. The molecule has 0 spiro atoms. The van der Waals surface area contributed by atoms with E-state index in [1.807, 2.05) is 0 Å². The molecule has 0 bridgehead atoms. The predicted molar refractivity (Wildman–Crippen MR) is 88.1 cm³/mol. The molecule has 0 N–H and O–H groups in total. The summed E-state index contributed by atoms with van der Waals surface area (Å²) < 4.78 is 54.7. The van der Waals surface area contributed by atoms with Crippen LogP contribution in [0.3, 0.4) is 0 Å². The van der Waals surface area contributed by atoms with Crippen molar-refractivity contribution >= 4 is 16.7 Å². The number of carbonyl (C=O) groups excluding carboxylic acids is 1. The Morgan fingerprint density at radius 2 is 1.93 bits per heavy atom. The van der Waals surface area contributed by atoms with E-state index in [1.165, 1.54) is 11.7 Å². The highest BCUT2D eigenvalue weighted by Crippen LogP contribution is 2.34. The predicted octanol–water partition coefficient (Wildman–Crippen LogP) is 3.46. The van der Waals surface area contributed by atoms with Gasteiger partial charge in [0.1, 0.15) is 11.5 Å². The van der Waals surface area contributed by atoms with Crippen LogP contribution < -0.4 is 5.56 Å². The van der Waals surface area contributed by atoms with Crippen LogP contribution in [-0.4, -0.2) is 20.1 Å². The summed E-state index contributed by atoms with van der Waals surface area (Å²) in [4.78, 5) is 25.3. The number of hydrogen-bond donors (Lipinski definition) is 0. The Kier molecular flexibility index (Phi) is 3.72. The second-order valence-electron chi connectivity index (χ2n) is 6.52. The van der Waals surface area contributed by atoms with Gasteiger partial charge in [-0.3, -0.25) is 14.3 Å². The highest BCUT2D eigenvalue weighted by atomic mass is 19.4. The van der Waals surface area contributed by atoms with E-state index in [9.17, 15) is 27.2 Å². The van der Waals surface area contributed by atoms with Crippen molar-refractivity contribution in [3.05, 3.63) is 63.5 Å². The maximum atomic E-state index is 13.8. The van der Waals surface area contributed by atoms with Gasteiger partial charge in [-0.15, -0.1) is 0 Å². The quantitative estimate of drug-likeness (QED) is 0.517. The summed E-state index contributed by atoms with van der Waals surface area (Å²) >= 11 is 0. The van der Waals surface area contributed by atoms with Gasteiger partial charge in [0.15, 0.2) is 5.52 Å². The third-order valence-corrected chi connectivity index (χ3v) is 4.61. The van der Waals surface area contributed by atoms with Gasteiger partial charge >= 0.3 is 6.18 Å². The van der Waals surface area contributed by atoms with Crippen molar-refractivity contribution in [3.8, 4) is 0 Å². The fourth-order valence-electron chi connectivity index (χ4n) is 3.13. The van der Waals surface area contributed by atoms with Gasteiger partial charge in [-0.25, -0.2) is 4.39 Å². The standard InChI is InChI=1S/C18H13F4N3O2/c1-24-15(11-6-7-25(10-3-4-10)17(27)14(11)23-24)16(26)9-2-5-12(13(19)8-9)18(20,21)22/h2,5-8,10H,3-4H2,1H3. The molecular formula is C18H13F4N3O2. The number of alkyl halides is 3. The molecule has 0 unspecified atom stereocenters. The largest absolute Gasteiger partial charge is 0.419 e. The Labute approximate surface area is 149 Å². The summed E-state index contributed by atoms with van der Waals surface area (Å²) in [6, 6.07) is 3.71. The SMILES string of the molecule is Cn1nc2c(=O)n(C3CC3)ccc2c1C(=O)c1ccc(C(F)(F)F)c(F)c1. The lowest BCUT2D eigenvalue weighted by Gasteiger charge is -2.09. The van der Waals surface area contributed by atoms with Gasteiger partial charge in [0.25, 0.3) is 5.56 Å². The number of pyridine rings is 1. The van der Waals surface area contributed by atoms with Gasteiger partial charge in [0, 0.05) is 30.2 Å². The van der Waals surface area contributed by atoms with E-state index in [-0.39, 0.29) is 33.8 Å². The Balaban J connectivity index is 1.81. The van der Waals surface area contributed by atoms with Crippen molar-refractivity contribution in [2.75, 3.05) is 0 Å². The number of carbonyl (C=O) groups is 1. The first-order valence-corrected chi connectivity index (χ1v) is 8.18. The molecule has 0 aliphatic heterocycles. The van der Waals surface area contributed by atoms with E-state index in [1.54, 1.807) is 16.8 Å². The van der Waals surface area contributed by atoms with Gasteiger partial charge in [-0.1, -0.05) is 6.07 Å². The number of rotatable bonds is 3. The fourth-order valence-corrected chi connectivity index (χ4v) is 3.13. The van der Waals surface area contributed by atoms with Gasteiger partial charge in [0.2, 0.25) is 5.78 Å². The fraction of sp³-hybridized carbons (Fsp3) is 0.278. The molecule has 1 fully saturated rings. The molecule has 27 heavy (non-hydrogen) atoms. The summed E-state index contributed by atoms with van der Waals surface area (Å²) in [5.74, 6) is -2.24. The van der Waals surface area contributed by atoms with Gasteiger partial charge in [-0.05, 0) is 31.0 Å². The second-order valence-corrected chi connectivity index (χ2v) is 6.52. The Bertz CT molecular complexity index is 1140. The molecule has 9 heteroatoms. The Morgan fingerprint density at radius 3 is 2.52 bits per heavy atom. The number of hydrogen-bond acceptors (Lipinski definition) is 3. The maximum absolute atomic E-state index is 13.8. The number of halogens is 4. The van der Waals surface area contributed by atoms with Crippen molar-refractivity contribution in [3.63, 3.8) is 0 Å². The molecule has 5 nitrogen and oxygen atoms in total. The second kappa shape index (κ2) is 5.77. The zero-order valence-corrected chi connectivity index (χ0v) is 14.0. The Hall–Kier alpha value is -2.97. The van der Waals surface area contributed by atoms with Crippen LogP contribution in [0, 0.1) is 5.82 Å². The minimum absolute atomic E-state index is 0.0178. The van der Waals surface area contributed by atoms with Crippen LogP contribution in [0.25, 0.3) is 10.9 Å². The average molecular weight is 379 g/mol. The molecule has 0 radical (unpaired) electrons. The third kappa shape index (κ3) is 2.83. The number of aryl methyl sites for hydroxylation is 1. The normalized spacial score (nSPS) is 14.7. The van der Waals surface area contributed by atoms with Crippen LogP contribution in [-0.2, 0) is 13.2 Å². The van der Waals surface area contributed by atoms with Crippen LogP contribution in [0.5, 0.6) is 0 Å². The highest BCUT2D eigenvalue weighted by Gasteiger charge is 2.34. The maximum Gasteiger partial charge on any atom is 0.419 e. The van der Waals surface area contributed by atoms with E-state index in [0.717, 1.165) is 18.9 Å². The van der Waals surface area contributed by atoms with E-state index < -0.39 is 23.3 Å². The number of aromatic nitrogens is 3. The minimum atomic E-state index is -4.85. The third-order valence-electron chi connectivity index (χ3n) is 4.61. The molecule has 140 valence electrons. The lowest BCUT2D eigenvalue weighted by Crippen LogP contribution is -2.18. The number of ketones is 1. The van der Waals surface area contributed by atoms with Crippen molar-refractivity contribution < 1.29 is 22.4 Å². The molecule has 1 aromatic carbocycles. The first kappa shape index (κ1) is 17.4. The summed E-state index contributed by atoms with van der Waals surface area (Å²) in [6.45, 7) is 0. The highest BCUT2D eigenvalue weighted by molar-refractivity contribution is 6.14. The number of fused-ring (bicyclic) bond motifs is 1. The van der Waals surface area contributed by atoms with Crippen molar-refractivity contribution in [2.24, 2.45) is 7.05 Å². The first-order chi connectivity index (χ1) is 12.7. The van der Waals surface area contributed by atoms with Crippen LogP contribution in [0.15, 0.2) is 35.3 Å². The first-order valence-electron chi connectivity index (χ1n) is 8.18. The van der Waals surface area contributed by atoms with Gasteiger partial charge < -0.3 is 4.57 Å². The molecule has 0 amide bonds. The molecule has 2 heterocycles. The van der Waals surface area contributed by atoms with Crippen LogP contribution in [0.1, 0.15) is 40.5 Å². The minimum Gasteiger partial charge on any atom is -0.311 e. The van der Waals surface area contributed by atoms with Crippen LogP contribution in [0.4, 0.5) is 17.6 Å². The molecule has 2 aromatic heterocycles. The van der Waals surface area contributed by atoms with E-state index in [2.05, 4.69) is 5.10 Å². The lowest BCUT2D eigenvalue weighted by molar-refractivity contribution is -0.140. The lowest BCUT2D eigenvalue weighted by atomic mass is 10.0. The molecular weight excluding hydrogens is 366 g/mol. The molecule has 1 saturated carbocycles. The van der Waals surface area contributed by atoms with Crippen molar-refractivity contribution in [1.29, 1.82) is 0 Å². The van der Waals surface area contributed by atoms with E-state index >= 15 is 0 Å². The van der Waals surface area contributed by atoms with Gasteiger partial charge in [0.05, 0.1) is 5.56 Å². The van der Waals surface area contributed by atoms with Crippen LogP contribution in [0.2, 0.25) is 0 Å². The Morgan fingerprint density at radius 1 is 1.22 bits per heavy atom. The molecule has 0 saturated heterocycles. The number of benzene rings is 1. The summed E-state index contributed by atoms with van der Waals surface area (Å²) in [7, 11) is 1.45. The topological polar surface area (TPSA) is 56.9 Å². The van der Waals surface area contributed by atoms with Crippen molar-refractivity contribution in [1.82, 2.24) is 14.3 Å². The monoisotopic (exact) mass is 379 g/mol. The smallest absolute Gasteiger partial charge is 0.311 e. The van der Waals surface area contributed by atoms with E-state index in [4.69, 9.17) is 0 Å². The average Bonchev–Trinajstić information content (AvgIpc) is 3.36. The van der Waals surface area contributed by atoms with Crippen molar-refractivity contribution in [2.45, 2.75) is 25.1 Å². The zero-order chi connectivity index (χ0) is 19.5. The molecule has 4 rings (SSSR count). The van der Waals surface area contributed by atoms with Gasteiger partial charge in [-0.2, -0.15) is 18.3 Å². The number of nitrogens with zero attached hydrogens (tertiary/aromatic N) is 3. The molecule has 1 aliphatic rings. The summed E-state index contributed by atoms with van der Waals surface area (Å²) in [6.07, 6.45) is -1.48. The van der Waals surface area contributed by atoms with Crippen LogP contribution >= 0.6 is 0 Å². The molecule has 3 aromatic rings.